The lowest BCUT2D eigenvalue weighted by Crippen LogP contribution is -2.49. The van der Waals surface area contributed by atoms with E-state index in [0.717, 1.165) is 35.3 Å². The van der Waals surface area contributed by atoms with Gasteiger partial charge in [0, 0.05) is 19.6 Å². The second-order valence-electron chi connectivity index (χ2n) is 7.93. The predicted octanol–water partition coefficient (Wildman–Crippen LogP) is 5.01. The summed E-state index contributed by atoms with van der Waals surface area (Å²) in [6.45, 7) is 3.93. The molecule has 31 heavy (non-hydrogen) atoms. The van der Waals surface area contributed by atoms with E-state index in [2.05, 4.69) is 5.32 Å². The highest BCUT2D eigenvalue weighted by atomic mass is 16.2. The number of nitrogens with zero attached hydrogens (tertiary/aromatic N) is 2. The molecule has 0 unspecified atom stereocenters. The van der Waals surface area contributed by atoms with Crippen LogP contribution in [0, 0.1) is 6.92 Å². The van der Waals surface area contributed by atoms with Gasteiger partial charge in [-0.3, -0.25) is 9.69 Å². The van der Waals surface area contributed by atoms with Crippen molar-refractivity contribution in [2.24, 2.45) is 0 Å². The number of urea groups is 1. The minimum atomic E-state index is -0.0938. The fraction of sp³-hybridized carbons (Fsp3) is 0.231. The van der Waals surface area contributed by atoms with Crippen LogP contribution in [-0.4, -0.2) is 29.9 Å². The standard InChI is InChI=1S/C26H27N3O2/c1-20-13-14-24(23(17-20)27-25(30)18-21-9-4-2-5-10-21)29-16-8-15-28(26(29)31)19-22-11-6-3-7-12-22/h2-7,9-14,17H,8,15-16,18-19H2,1H3,(H,27,30). The van der Waals surface area contributed by atoms with Gasteiger partial charge in [0.15, 0.2) is 0 Å². The first-order chi connectivity index (χ1) is 15.1. The molecule has 1 aliphatic rings. The Morgan fingerprint density at radius 3 is 2.29 bits per heavy atom. The van der Waals surface area contributed by atoms with Gasteiger partial charge in [-0.1, -0.05) is 66.7 Å². The summed E-state index contributed by atoms with van der Waals surface area (Å²) in [7, 11) is 0. The predicted molar refractivity (Wildman–Crippen MR) is 124 cm³/mol. The molecule has 1 heterocycles. The lowest BCUT2D eigenvalue weighted by atomic mass is 10.1. The Balaban J connectivity index is 1.53. The van der Waals surface area contributed by atoms with Gasteiger partial charge in [-0.2, -0.15) is 0 Å². The van der Waals surface area contributed by atoms with E-state index in [9.17, 15) is 9.59 Å². The molecule has 1 N–H and O–H groups in total. The fourth-order valence-electron chi connectivity index (χ4n) is 3.92. The van der Waals surface area contributed by atoms with Crippen LogP contribution in [0.4, 0.5) is 16.2 Å². The first-order valence-electron chi connectivity index (χ1n) is 10.6. The van der Waals surface area contributed by atoms with E-state index >= 15 is 0 Å². The summed E-state index contributed by atoms with van der Waals surface area (Å²) in [5, 5.41) is 3.03. The van der Waals surface area contributed by atoms with Crippen LogP contribution in [0.5, 0.6) is 0 Å². The summed E-state index contributed by atoms with van der Waals surface area (Å²) >= 11 is 0. The number of carbonyl (C=O) groups excluding carboxylic acids is 2. The third-order valence-corrected chi connectivity index (χ3v) is 5.45. The Labute approximate surface area is 183 Å². The van der Waals surface area contributed by atoms with Crippen molar-refractivity contribution in [3.05, 3.63) is 95.6 Å². The number of aryl methyl sites for hydroxylation is 1. The highest BCUT2D eigenvalue weighted by Crippen LogP contribution is 2.30. The Bertz CT molecular complexity index is 1050. The molecule has 0 saturated carbocycles. The molecule has 3 aromatic rings. The minimum absolute atomic E-state index is 0.0301. The van der Waals surface area contributed by atoms with Crippen molar-refractivity contribution in [2.45, 2.75) is 26.3 Å². The van der Waals surface area contributed by atoms with Crippen molar-refractivity contribution >= 4 is 23.3 Å². The Kier molecular flexibility index (Phi) is 6.32. The molecule has 158 valence electrons. The van der Waals surface area contributed by atoms with Crippen molar-refractivity contribution < 1.29 is 9.59 Å². The number of hydrogen-bond acceptors (Lipinski definition) is 2. The molecular weight excluding hydrogens is 386 g/mol. The largest absolute Gasteiger partial charge is 0.324 e. The zero-order chi connectivity index (χ0) is 21.6. The molecule has 0 aliphatic carbocycles. The van der Waals surface area contributed by atoms with E-state index in [0.29, 0.717) is 25.2 Å². The molecule has 3 aromatic carbocycles. The van der Waals surface area contributed by atoms with Gasteiger partial charge in [0.05, 0.1) is 17.8 Å². The van der Waals surface area contributed by atoms with Crippen molar-refractivity contribution in [3.63, 3.8) is 0 Å². The molecule has 3 amide bonds. The number of nitrogens with one attached hydrogen (secondary N) is 1. The molecule has 5 nitrogen and oxygen atoms in total. The van der Waals surface area contributed by atoms with Crippen LogP contribution >= 0.6 is 0 Å². The van der Waals surface area contributed by atoms with Crippen molar-refractivity contribution in [1.82, 2.24) is 4.90 Å². The highest BCUT2D eigenvalue weighted by molar-refractivity contribution is 6.01. The van der Waals surface area contributed by atoms with E-state index in [1.165, 1.54) is 0 Å². The average Bonchev–Trinajstić information content (AvgIpc) is 2.77. The van der Waals surface area contributed by atoms with Crippen molar-refractivity contribution in [3.8, 4) is 0 Å². The Hall–Kier alpha value is -3.60. The maximum Gasteiger partial charge on any atom is 0.324 e. The summed E-state index contributed by atoms with van der Waals surface area (Å²) in [4.78, 5) is 29.6. The second-order valence-corrected chi connectivity index (χ2v) is 7.93. The SMILES string of the molecule is Cc1ccc(N2CCCN(Cc3ccccc3)C2=O)c(NC(=O)Cc2ccccc2)c1. The van der Waals surface area contributed by atoms with Gasteiger partial charge >= 0.3 is 6.03 Å². The minimum Gasteiger partial charge on any atom is -0.324 e. The summed E-state index contributed by atoms with van der Waals surface area (Å²) in [6.07, 6.45) is 1.17. The summed E-state index contributed by atoms with van der Waals surface area (Å²) in [5.41, 5.74) is 4.52. The normalized spacial score (nSPS) is 13.9. The topological polar surface area (TPSA) is 52.6 Å². The Morgan fingerprint density at radius 1 is 0.903 bits per heavy atom. The van der Waals surface area contributed by atoms with Crippen molar-refractivity contribution in [2.75, 3.05) is 23.3 Å². The zero-order valence-corrected chi connectivity index (χ0v) is 17.8. The average molecular weight is 414 g/mol. The van der Waals surface area contributed by atoms with Crippen LogP contribution in [0.1, 0.15) is 23.1 Å². The lowest BCUT2D eigenvalue weighted by Gasteiger charge is -2.36. The van der Waals surface area contributed by atoms with E-state index < -0.39 is 0 Å². The van der Waals surface area contributed by atoms with Crippen LogP contribution in [-0.2, 0) is 17.8 Å². The van der Waals surface area contributed by atoms with Gasteiger partial charge in [-0.05, 0) is 42.2 Å². The summed E-state index contributed by atoms with van der Waals surface area (Å²) in [5.74, 6) is -0.0938. The molecule has 0 atom stereocenters. The number of benzene rings is 3. The molecule has 0 bridgehead atoms. The van der Waals surface area contributed by atoms with Gasteiger partial charge in [0.25, 0.3) is 0 Å². The highest BCUT2D eigenvalue weighted by Gasteiger charge is 2.28. The van der Waals surface area contributed by atoms with Gasteiger partial charge < -0.3 is 10.2 Å². The molecule has 1 saturated heterocycles. The van der Waals surface area contributed by atoms with Gasteiger partial charge in [0.1, 0.15) is 0 Å². The third kappa shape index (κ3) is 5.12. The number of hydrogen-bond donors (Lipinski definition) is 1. The van der Waals surface area contributed by atoms with E-state index in [4.69, 9.17) is 0 Å². The number of rotatable bonds is 6. The van der Waals surface area contributed by atoms with Crippen LogP contribution < -0.4 is 10.2 Å². The quantitative estimate of drug-likeness (QED) is 0.618. The first-order valence-corrected chi connectivity index (χ1v) is 10.6. The molecular formula is C26H27N3O2. The fourth-order valence-corrected chi connectivity index (χ4v) is 3.92. The third-order valence-electron chi connectivity index (χ3n) is 5.45. The zero-order valence-electron chi connectivity index (χ0n) is 17.8. The lowest BCUT2D eigenvalue weighted by molar-refractivity contribution is -0.115. The molecule has 1 aliphatic heterocycles. The maximum atomic E-state index is 13.3. The van der Waals surface area contributed by atoms with Gasteiger partial charge in [-0.25, -0.2) is 4.79 Å². The number of amides is 3. The summed E-state index contributed by atoms with van der Waals surface area (Å²) < 4.78 is 0. The molecule has 0 aromatic heterocycles. The smallest absolute Gasteiger partial charge is 0.324 e. The van der Waals surface area contributed by atoms with E-state index in [1.807, 2.05) is 90.7 Å². The van der Waals surface area contributed by atoms with E-state index in [1.54, 1.807) is 4.90 Å². The first kappa shape index (κ1) is 20.7. The Morgan fingerprint density at radius 2 is 1.58 bits per heavy atom. The maximum absolute atomic E-state index is 13.3. The van der Waals surface area contributed by atoms with Crippen LogP contribution in [0.3, 0.4) is 0 Å². The molecule has 1 fully saturated rings. The summed E-state index contributed by atoms with van der Waals surface area (Å²) in [6, 6.07) is 25.5. The van der Waals surface area contributed by atoms with Gasteiger partial charge in [0.2, 0.25) is 5.91 Å². The van der Waals surface area contributed by atoms with Crippen molar-refractivity contribution in [1.29, 1.82) is 0 Å². The number of anilines is 2. The monoisotopic (exact) mass is 413 g/mol. The molecule has 5 heteroatoms. The van der Waals surface area contributed by atoms with Crippen LogP contribution in [0.25, 0.3) is 0 Å². The van der Waals surface area contributed by atoms with Crippen LogP contribution in [0.2, 0.25) is 0 Å². The van der Waals surface area contributed by atoms with Gasteiger partial charge in [-0.15, -0.1) is 0 Å². The molecule has 4 rings (SSSR count). The van der Waals surface area contributed by atoms with Crippen LogP contribution in [0.15, 0.2) is 78.9 Å². The number of carbonyl (C=O) groups is 2. The molecule has 0 radical (unpaired) electrons. The second kappa shape index (κ2) is 9.47. The van der Waals surface area contributed by atoms with E-state index in [-0.39, 0.29) is 11.9 Å². The molecule has 0 spiro atoms.